The van der Waals surface area contributed by atoms with Crippen LogP contribution in [0.4, 0.5) is 4.79 Å². The quantitative estimate of drug-likeness (QED) is 0.396. The van der Waals surface area contributed by atoms with Crippen molar-refractivity contribution in [2.45, 2.75) is 65.8 Å². The molecule has 2 N–H and O–H groups in total. The molecule has 0 unspecified atom stereocenters. The van der Waals surface area contributed by atoms with Crippen LogP contribution in [0, 0.1) is 6.92 Å². The van der Waals surface area contributed by atoms with Crippen molar-refractivity contribution in [1.82, 2.24) is 20.2 Å². The Hall–Kier alpha value is -3.79. The smallest absolute Gasteiger partial charge is 0.407 e. The van der Waals surface area contributed by atoms with Gasteiger partial charge in [-0.25, -0.2) is 9.78 Å². The van der Waals surface area contributed by atoms with Crippen LogP contribution in [0.1, 0.15) is 49.0 Å². The molecule has 38 heavy (non-hydrogen) atoms. The van der Waals surface area contributed by atoms with Crippen LogP contribution >= 0.6 is 11.6 Å². The maximum atomic E-state index is 13.1. The number of aryl methyl sites for hydroxylation is 3. The summed E-state index contributed by atoms with van der Waals surface area (Å²) in [5.74, 6) is 0.530. The molecule has 0 fully saturated rings. The average molecular weight is 545 g/mol. The van der Waals surface area contributed by atoms with Crippen LogP contribution in [0.25, 0.3) is 0 Å². The van der Waals surface area contributed by atoms with Crippen LogP contribution in [0.2, 0.25) is 5.02 Å². The fourth-order valence-electron chi connectivity index (χ4n) is 3.72. The molecule has 11 heteroatoms. The zero-order valence-electron chi connectivity index (χ0n) is 22.2. The average Bonchev–Trinajstić information content (AvgIpc) is 3.26. The number of methoxy groups -OCH3 is 1. The van der Waals surface area contributed by atoms with E-state index < -0.39 is 11.7 Å². The van der Waals surface area contributed by atoms with E-state index in [0.717, 1.165) is 16.8 Å². The summed E-state index contributed by atoms with van der Waals surface area (Å²) in [5, 5.41) is 6.03. The van der Waals surface area contributed by atoms with Gasteiger partial charge in [-0.05, 0) is 50.1 Å². The highest BCUT2D eigenvalue weighted by atomic mass is 35.5. The van der Waals surface area contributed by atoms with Gasteiger partial charge in [-0.1, -0.05) is 17.7 Å². The number of benzene rings is 1. The Balaban J connectivity index is 1.66. The Kier molecular flexibility index (Phi) is 9.57. The summed E-state index contributed by atoms with van der Waals surface area (Å²) in [6, 6.07) is 6.86. The largest absolute Gasteiger partial charge is 0.496 e. The first kappa shape index (κ1) is 28.8. The first-order valence-electron chi connectivity index (χ1n) is 12.1. The van der Waals surface area contributed by atoms with Crippen LogP contribution < -0.4 is 20.9 Å². The number of rotatable bonds is 10. The SMILES string of the molecule is COc1ccn(CCc2coc(C)n2)c(=O)c1CC(=O)NCc1cc(Cl)ccc1CNC(=O)OC(C)(C)C. The summed E-state index contributed by atoms with van der Waals surface area (Å²) in [6.45, 7) is 7.82. The number of nitrogens with one attached hydrogen (secondary N) is 2. The van der Waals surface area contributed by atoms with Crippen molar-refractivity contribution in [3.63, 3.8) is 0 Å². The van der Waals surface area contributed by atoms with Gasteiger partial charge in [-0.2, -0.15) is 0 Å². The minimum absolute atomic E-state index is 0.152. The lowest BCUT2D eigenvalue weighted by Crippen LogP contribution is -2.33. The molecule has 0 radical (unpaired) electrons. The Labute approximate surface area is 226 Å². The Morgan fingerprint density at radius 2 is 1.87 bits per heavy atom. The van der Waals surface area contributed by atoms with Gasteiger partial charge in [0.15, 0.2) is 5.89 Å². The molecule has 3 rings (SSSR count). The fourth-order valence-corrected chi connectivity index (χ4v) is 3.92. The van der Waals surface area contributed by atoms with Crippen LogP contribution in [-0.4, -0.2) is 34.3 Å². The predicted molar refractivity (Wildman–Crippen MR) is 142 cm³/mol. The van der Waals surface area contributed by atoms with E-state index in [1.807, 2.05) is 0 Å². The molecule has 2 heterocycles. The minimum atomic E-state index is -0.618. The van der Waals surface area contributed by atoms with Gasteiger partial charge in [0.25, 0.3) is 5.56 Å². The number of halogens is 1. The highest BCUT2D eigenvalue weighted by Gasteiger charge is 2.18. The number of aromatic nitrogens is 2. The van der Waals surface area contributed by atoms with Crippen molar-refractivity contribution >= 4 is 23.6 Å². The maximum absolute atomic E-state index is 13.1. The van der Waals surface area contributed by atoms with E-state index in [1.165, 1.54) is 11.7 Å². The molecule has 1 aromatic carbocycles. The third-order valence-corrected chi connectivity index (χ3v) is 5.76. The number of carbonyl (C=O) groups excluding carboxylic acids is 2. The van der Waals surface area contributed by atoms with Gasteiger partial charge in [0.05, 0.1) is 24.8 Å². The zero-order chi connectivity index (χ0) is 27.9. The second-order valence-corrected chi connectivity index (χ2v) is 10.1. The number of ether oxygens (including phenoxy) is 2. The van der Waals surface area contributed by atoms with Crippen molar-refractivity contribution in [1.29, 1.82) is 0 Å². The molecule has 0 bridgehead atoms. The molecule has 0 saturated heterocycles. The summed E-state index contributed by atoms with van der Waals surface area (Å²) in [7, 11) is 1.45. The summed E-state index contributed by atoms with van der Waals surface area (Å²) in [5.41, 5.74) is 1.55. The Morgan fingerprint density at radius 3 is 2.53 bits per heavy atom. The molecule has 204 valence electrons. The van der Waals surface area contributed by atoms with E-state index >= 15 is 0 Å². The van der Waals surface area contributed by atoms with Gasteiger partial charge in [-0.3, -0.25) is 9.59 Å². The molecule has 0 aliphatic heterocycles. The van der Waals surface area contributed by atoms with Crippen LogP contribution in [0.15, 0.2) is 45.9 Å². The standard InChI is InChI=1S/C27H33ClN4O6/c1-17-31-21(16-37-17)8-10-32-11-9-23(36-5)22(25(32)34)13-24(33)29-15-19-12-20(28)7-6-18(19)14-30-26(35)38-27(2,3)4/h6-7,9,11-12,16H,8,10,13-15H2,1-5H3,(H,29,33)(H,30,35). The van der Waals surface area contributed by atoms with Gasteiger partial charge in [-0.15, -0.1) is 0 Å². The number of pyridine rings is 1. The van der Waals surface area contributed by atoms with Gasteiger partial charge in [0.2, 0.25) is 5.91 Å². The number of hydrogen-bond acceptors (Lipinski definition) is 7. The molecule has 10 nitrogen and oxygen atoms in total. The third-order valence-electron chi connectivity index (χ3n) is 5.52. The fraction of sp³-hybridized carbons (Fsp3) is 0.407. The summed E-state index contributed by atoms with van der Waals surface area (Å²) < 4.78 is 17.4. The second kappa shape index (κ2) is 12.6. The Morgan fingerprint density at radius 1 is 1.13 bits per heavy atom. The van der Waals surface area contributed by atoms with E-state index in [-0.39, 0.29) is 36.5 Å². The van der Waals surface area contributed by atoms with Gasteiger partial charge >= 0.3 is 6.09 Å². The molecule has 3 aromatic rings. The lowest BCUT2D eigenvalue weighted by molar-refractivity contribution is -0.120. The third kappa shape index (κ3) is 8.37. The number of amides is 2. The second-order valence-electron chi connectivity index (χ2n) is 9.69. The van der Waals surface area contributed by atoms with E-state index in [9.17, 15) is 14.4 Å². The first-order valence-corrected chi connectivity index (χ1v) is 12.5. The molecule has 0 atom stereocenters. The van der Waals surface area contributed by atoms with Crippen molar-refractivity contribution < 1.29 is 23.5 Å². The Bertz CT molecular complexity index is 1340. The molecular weight excluding hydrogens is 512 g/mol. The van der Waals surface area contributed by atoms with Gasteiger partial charge in [0.1, 0.15) is 17.6 Å². The summed E-state index contributed by atoms with van der Waals surface area (Å²) >= 11 is 6.17. The summed E-state index contributed by atoms with van der Waals surface area (Å²) in [4.78, 5) is 42.3. The van der Waals surface area contributed by atoms with E-state index in [1.54, 1.807) is 64.4 Å². The van der Waals surface area contributed by atoms with Gasteiger partial charge < -0.3 is 29.1 Å². The number of hydrogen-bond donors (Lipinski definition) is 2. The zero-order valence-corrected chi connectivity index (χ0v) is 23.0. The topological polar surface area (TPSA) is 125 Å². The number of nitrogens with zero attached hydrogens (tertiary/aromatic N) is 2. The van der Waals surface area contributed by atoms with Crippen LogP contribution in [0.3, 0.4) is 0 Å². The van der Waals surface area contributed by atoms with Crippen LogP contribution in [0.5, 0.6) is 5.75 Å². The molecule has 2 aromatic heterocycles. The van der Waals surface area contributed by atoms with Crippen molar-refractivity contribution in [3.8, 4) is 5.75 Å². The molecular formula is C27H33ClN4O6. The molecule has 0 spiro atoms. The summed E-state index contributed by atoms with van der Waals surface area (Å²) in [6.07, 6.45) is 2.98. The molecule has 0 aliphatic rings. The molecule has 2 amide bonds. The maximum Gasteiger partial charge on any atom is 0.407 e. The number of alkyl carbamates (subject to hydrolysis) is 1. The van der Waals surface area contributed by atoms with E-state index in [2.05, 4.69) is 15.6 Å². The highest BCUT2D eigenvalue weighted by Crippen LogP contribution is 2.18. The van der Waals surface area contributed by atoms with Gasteiger partial charge in [0, 0.05) is 44.2 Å². The minimum Gasteiger partial charge on any atom is -0.496 e. The number of carbonyl (C=O) groups is 2. The van der Waals surface area contributed by atoms with E-state index in [4.69, 9.17) is 25.5 Å². The van der Waals surface area contributed by atoms with Crippen molar-refractivity contribution in [2.24, 2.45) is 0 Å². The lowest BCUT2D eigenvalue weighted by Gasteiger charge is -2.20. The molecule has 0 saturated carbocycles. The molecule has 0 aliphatic carbocycles. The van der Waals surface area contributed by atoms with Crippen molar-refractivity contribution in [3.05, 3.63) is 80.4 Å². The highest BCUT2D eigenvalue weighted by molar-refractivity contribution is 6.30. The van der Waals surface area contributed by atoms with Crippen molar-refractivity contribution in [2.75, 3.05) is 7.11 Å². The monoisotopic (exact) mass is 544 g/mol. The normalized spacial score (nSPS) is 11.2. The van der Waals surface area contributed by atoms with E-state index in [0.29, 0.717) is 29.6 Å². The predicted octanol–water partition coefficient (Wildman–Crippen LogP) is 3.93. The first-order chi connectivity index (χ1) is 17.9. The lowest BCUT2D eigenvalue weighted by atomic mass is 10.1. The number of oxazole rings is 1. The van der Waals surface area contributed by atoms with Crippen LogP contribution in [-0.2, 0) is 42.0 Å².